The molecule has 0 aliphatic carbocycles. The number of hydrogen-bond acceptors (Lipinski definition) is 3. The normalized spacial score (nSPS) is 10.7. The summed E-state index contributed by atoms with van der Waals surface area (Å²) < 4.78 is 1.97. The first-order valence-corrected chi connectivity index (χ1v) is 5.52. The van der Waals surface area contributed by atoms with Gasteiger partial charge in [0.05, 0.1) is 23.9 Å². The zero-order chi connectivity index (χ0) is 12.3. The Hall–Kier alpha value is -1.88. The zero-order valence-electron chi connectivity index (χ0n) is 10.0. The molecule has 1 aromatic heterocycles. The number of aryl methyl sites for hydroxylation is 1. The number of carbonyl (C=O) groups excluding carboxylic acids is 1. The molecule has 0 radical (unpaired) electrons. The minimum Gasteiger partial charge on any atom is -0.351 e. The summed E-state index contributed by atoms with van der Waals surface area (Å²) in [5.74, 6) is -0.00591. The average molecular weight is 232 g/mol. The Balaban J connectivity index is 2.07. The molecule has 1 heterocycles. The van der Waals surface area contributed by atoms with Crippen molar-refractivity contribution >= 4 is 16.9 Å². The number of fused-ring (bicyclic) bond motifs is 1. The van der Waals surface area contributed by atoms with E-state index in [1.165, 1.54) is 0 Å². The van der Waals surface area contributed by atoms with Crippen molar-refractivity contribution in [1.29, 1.82) is 0 Å². The first kappa shape index (κ1) is 11.6. The van der Waals surface area contributed by atoms with Crippen LogP contribution in [0.3, 0.4) is 0 Å². The van der Waals surface area contributed by atoms with Crippen molar-refractivity contribution in [2.75, 3.05) is 13.6 Å². The number of hydrogen-bond donors (Lipinski definition) is 2. The Kier molecular flexibility index (Phi) is 3.39. The van der Waals surface area contributed by atoms with E-state index in [4.69, 9.17) is 0 Å². The van der Waals surface area contributed by atoms with E-state index in [2.05, 4.69) is 15.6 Å². The van der Waals surface area contributed by atoms with Crippen LogP contribution in [-0.2, 0) is 18.4 Å². The van der Waals surface area contributed by atoms with Gasteiger partial charge in [-0.3, -0.25) is 4.79 Å². The molecule has 0 aliphatic rings. The topological polar surface area (TPSA) is 59.0 Å². The molecular weight excluding hydrogens is 216 g/mol. The van der Waals surface area contributed by atoms with Crippen LogP contribution in [0.15, 0.2) is 24.5 Å². The van der Waals surface area contributed by atoms with Crippen LogP contribution < -0.4 is 10.6 Å². The monoisotopic (exact) mass is 232 g/mol. The molecule has 1 aromatic carbocycles. The number of benzene rings is 1. The molecule has 2 N–H and O–H groups in total. The quantitative estimate of drug-likeness (QED) is 0.802. The number of nitrogens with zero attached hydrogens (tertiary/aromatic N) is 2. The number of nitrogens with one attached hydrogen (secondary N) is 2. The lowest BCUT2D eigenvalue weighted by Crippen LogP contribution is -2.31. The van der Waals surface area contributed by atoms with Crippen LogP contribution in [0.5, 0.6) is 0 Å². The van der Waals surface area contributed by atoms with Gasteiger partial charge >= 0.3 is 0 Å². The number of aromatic nitrogens is 2. The van der Waals surface area contributed by atoms with Gasteiger partial charge in [0, 0.05) is 13.6 Å². The molecule has 0 saturated carbocycles. The molecule has 0 unspecified atom stereocenters. The molecule has 0 bridgehead atoms. The van der Waals surface area contributed by atoms with Gasteiger partial charge in [-0.05, 0) is 24.7 Å². The van der Waals surface area contributed by atoms with Gasteiger partial charge in [0.1, 0.15) is 0 Å². The zero-order valence-corrected chi connectivity index (χ0v) is 10.0. The van der Waals surface area contributed by atoms with Crippen LogP contribution >= 0.6 is 0 Å². The number of imidazole rings is 1. The van der Waals surface area contributed by atoms with Crippen LogP contribution in [-0.4, -0.2) is 29.1 Å². The minimum atomic E-state index is -0.00591. The van der Waals surface area contributed by atoms with E-state index in [-0.39, 0.29) is 5.91 Å². The highest BCUT2D eigenvalue weighted by atomic mass is 16.1. The van der Waals surface area contributed by atoms with E-state index in [9.17, 15) is 4.79 Å². The van der Waals surface area contributed by atoms with Gasteiger partial charge in [-0.1, -0.05) is 6.07 Å². The fraction of sp³-hybridized carbons (Fsp3) is 0.333. The van der Waals surface area contributed by atoms with Gasteiger partial charge in [0.15, 0.2) is 0 Å². The van der Waals surface area contributed by atoms with Crippen molar-refractivity contribution in [3.8, 4) is 0 Å². The minimum absolute atomic E-state index is 0.00591. The van der Waals surface area contributed by atoms with Crippen LogP contribution in [0, 0.1) is 0 Å². The maximum atomic E-state index is 11.3. The van der Waals surface area contributed by atoms with Gasteiger partial charge in [-0.2, -0.15) is 0 Å². The molecule has 5 nitrogen and oxygen atoms in total. The maximum absolute atomic E-state index is 11.3. The van der Waals surface area contributed by atoms with Gasteiger partial charge in [-0.25, -0.2) is 4.98 Å². The second-order valence-corrected chi connectivity index (χ2v) is 3.99. The Bertz CT molecular complexity index is 532. The second-order valence-electron chi connectivity index (χ2n) is 3.99. The molecule has 0 fully saturated rings. The highest BCUT2D eigenvalue weighted by Gasteiger charge is 2.02. The number of amides is 1. The lowest BCUT2D eigenvalue weighted by atomic mass is 10.2. The highest BCUT2D eigenvalue weighted by molar-refractivity contribution is 5.78. The summed E-state index contributed by atoms with van der Waals surface area (Å²) >= 11 is 0. The Labute approximate surface area is 99.8 Å². The van der Waals surface area contributed by atoms with E-state index in [1.54, 1.807) is 13.4 Å². The molecule has 2 rings (SSSR count). The Morgan fingerprint density at radius 3 is 3.06 bits per heavy atom. The van der Waals surface area contributed by atoms with Crippen LogP contribution in [0.2, 0.25) is 0 Å². The SMILES string of the molecule is CNCC(=O)NCc1ccc2c(c1)ncn2C. The Morgan fingerprint density at radius 1 is 1.47 bits per heavy atom. The van der Waals surface area contributed by atoms with Gasteiger partial charge in [0.2, 0.25) is 5.91 Å². The summed E-state index contributed by atoms with van der Waals surface area (Å²) in [6.45, 7) is 0.874. The van der Waals surface area contributed by atoms with Crippen LogP contribution in [0.1, 0.15) is 5.56 Å². The number of carbonyl (C=O) groups is 1. The van der Waals surface area contributed by atoms with Crippen LogP contribution in [0.4, 0.5) is 0 Å². The van der Waals surface area contributed by atoms with Gasteiger partial charge < -0.3 is 15.2 Å². The summed E-state index contributed by atoms with van der Waals surface area (Å²) in [6, 6.07) is 6.01. The van der Waals surface area contributed by atoms with Crippen molar-refractivity contribution in [3.63, 3.8) is 0 Å². The predicted octanol–water partition coefficient (Wildman–Crippen LogP) is 0.409. The third-order valence-electron chi connectivity index (χ3n) is 2.62. The summed E-state index contributed by atoms with van der Waals surface area (Å²) in [5.41, 5.74) is 3.10. The number of rotatable bonds is 4. The van der Waals surface area contributed by atoms with Crippen molar-refractivity contribution in [3.05, 3.63) is 30.1 Å². The maximum Gasteiger partial charge on any atom is 0.234 e. The summed E-state index contributed by atoms with van der Waals surface area (Å²) in [4.78, 5) is 15.6. The summed E-state index contributed by atoms with van der Waals surface area (Å²) in [7, 11) is 3.71. The van der Waals surface area contributed by atoms with E-state index in [1.807, 2.05) is 29.8 Å². The molecule has 17 heavy (non-hydrogen) atoms. The second kappa shape index (κ2) is 4.97. The molecule has 5 heteroatoms. The fourth-order valence-corrected chi connectivity index (χ4v) is 1.72. The standard InChI is InChI=1S/C12H16N4O/c1-13-7-12(17)14-6-9-3-4-11-10(5-9)15-8-16(11)2/h3-5,8,13H,6-7H2,1-2H3,(H,14,17). The smallest absolute Gasteiger partial charge is 0.234 e. The third-order valence-corrected chi connectivity index (χ3v) is 2.62. The number of likely N-dealkylation sites (N-methyl/N-ethyl adjacent to an activating group) is 1. The largest absolute Gasteiger partial charge is 0.351 e. The summed E-state index contributed by atoms with van der Waals surface area (Å²) in [6.07, 6.45) is 1.79. The Morgan fingerprint density at radius 2 is 2.29 bits per heavy atom. The van der Waals surface area contributed by atoms with Crippen molar-refractivity contribution < 1.29 is 4.79 Å². The van der Waals surface area contributed by atoms with E-state index < -0.39 is 0 Å². The van der Waals surface area contributed by atoms with Crippen LogP contribution in [0.25, 0.3) is 11.0 Å². The van der Waals surface area contributed by atoms with E-state index in [0.29, 0.717) is 13.1 Å². The predicted molar refractivity (Wildman–Crippen MR) is 66.5 cm³/mol. The molecular formula is C12H16N4O. The molecule has 90 valence electrons. The molecule has 0 saturated heterocycles. The van der Waals surface area contributed by atoms with E-state index >= 15 is 0 Å². The molecule has 0 spiro atoms. The first-order valence-electron chi connectivity index (χ1n) is 5.52. The molecule has 2 aromatic rings. The fourth-order valence-electron chi connectivity index (χ4n) is 1.72. The molecule has 0 atom stereocenters. The lowest BCUT2D eigenvalue weighted by molar-refractivity contribution is -0.120. The van der Waals surface area contributed by atoms with Gasteiger partial charge in [0.25, 0.3) is 0 Å². The highest BCUT2D eigenvalue weighted by Crippen LogP contribution is 2.13. The van der Waals surface area contributed by atoms with Crippen molar-refractivity contribution in [1.82, 2.24) is 20.2 Å². The molecule has 1 amide bonds. The van der Waals surface area contributed by atoms with Crippen molar-refractivity contribution in [2.45, 2.75) is 6.54 Å². The third kappa shape index (κ3) is 2.62. The van der Waals surface area contributed by atoms with Crippen molar-refractivity contribution in [2.24, 2.45) is 7.05 Å². The lowest BCUT2D eigenvalue weighted by Gasteiger charge is -2.05. The first-order chi connectivity index (χ1) is 8.20. The van der Waals surface area contributed by atoms with Gasteiger partial charge in [-0.15, -0.1) is 0 Å². The average Bonchev–Trinajstić information content (AvgIpc) is 2.69. The summed E-state index contributed by atoms with van der Waals surface area (Å²) in [5, 5.41) is 5.64. The molecule has 0 aliphatic heterocycles. The van der Waals surface area contributed by atoms with E-state index in [0.717, 1.165) is 16.6 Å².